The largest absolute Gasteiger partial charge is 0.352 e. The summed E-state index contributed by atoms with van der Waals surface area (Å²) in [6.45, 7) is 0.695. The predicted octanol–water partition coefficient (Wildman–Crippen LogP) is -0.490. The van der Waals surface area contributed by atoms with Crippen molar-refractivity contribution in [3.8, 4) is 0 Å². The lowest BCUT2D eigenvalue weighted by Gasteiger charge is -2.03. The van der Waals surface area contributed by atoms with Gasteiger partial charge in [0.05, 0.1) is 0 Å². The molecule has 1 aliphatic rings. The van der Waals surface area contributed by atoms with E-state index in [1.165, 1.54) is 30.5 Å². The molecule has 0 bridgehead atoms. The van der Waals surface area contributed by atoms with E-state index in [4.69, 9.17) is 0 Å². The molecule has 8 heteroatoms. The first-order valence-corrected chi connectivity index (χ1v) is 7.48. The van der Waals surface area contributed by atoms with Gasteiger partial charge in [-0.15, -0.1) is 0 Å². The second-order valence-electron chi connectivity index (χ2n) is 5.93. The highest BCUT2D eigenvalue weighted by Gasteiger charge is 2.21. The molecule has 0 atom stereocenters. The van der Waals surface area contributed by atoms with Gasteiger partial charge in [0.1, 0.15) is 5.82 Å². The van der Waals surface area contributed by atoms with Gasteiger partial charge in [-0.2, -0.15) is 0 Å². The Balaban J connectivity index is 1.95. The Morgan fingerprint density at radius 1 is 1.22 bits per heavy atom. The third-order valence-corrected chi connectivity index (χ3v) is 4.16. The van der Waals surface area contributed by atoms with E-state index in [2.05, 4.69) is 10.3 Å². The highest BCUT2D eigenvalue weighted by Crippen LogP contribution is 2.27. The fourth-order valence-electron chi connectivity index (χ4n) is 2.46. The van der Waals surface area contributed by atoms with E-state index < -0.39 is 11.2 Å². The number of hydrogen-bond acceptors (Lipinski definition) is 4. The maximum absolute atomic E-state index is 12.2. The van der Waals surface area contributed by atoms with Crippen molar-refractivity contribution in [1.82, 2.24) is 24.0 Å². The Hall–Kier alpha value is -2.64. The van der Waals surface area contributed by atoms with Gasteiger partial charge in [0.15, 0.2) is 11.2 Å². The van der Waals surface area contributed by atoms with Crippen molar-refractivity contribution in [2.24, 2.45) is 27.1 Å². The maximum Gasteiger partial charge on any atom is 0.332 e. The van der Waals surface area contributed by atoms with Crippen molar-refractivity contribution in [2.75, 3.05) is 6.54 Å². The van der Waals surface area contributed by atoms with Crippen molar-refractivity contribution in [1.29, 1.82) is 0 Å². The van der Waals surface area contributed by atoms with Crippen LogP contribution in [0, 0.1) is 5.92 Å². The van der Waals surface area contributed by atoms with Crippen LogP contribution in [0.3, 0.4) is 0 Å². The number of hydrogen-bond donors (Lipinski definition) is 1. The van der Waals surface area contributed by atoms with Crippen molar-refractivity contribution in [3.05, 3.63) is 32.7 Å². The number of nitrogens with zero attached hydrogens (tertiary/aromatic N) is 4. The third-order valence-electron chi connectivity index (χ3n) is 4.16. The van der Waals surface area contributed by atoms with Crippen LogP contribution in [0.2, 0.25) is 0 Å². The van der Waals surface area contributed by atoms with E-state index in [9.17, 15) is 14.4 Å². The molecule has 2 aromatic rings. The van der Waals surface area contributed by atoms with Gasteiger partial charge in [-0.3, -0.25) is 18.7 Å². The molecule has 1 fully saturated rings. The summed E-state index contributed by atoms with van der Waals surface area (Å²) in [7, 11) is 4.67. The number of nitrogens with one attached hydrogen (secondary N) is 1. The fraction of sp³-hybridized carbons (Fsp3) is 0.467. The topological polar surface area (TPSA) is 90.9 Å². The van der Waals surface area contributed by atoms with Crippen LogP contribution in [0.4, 0.5) is 0 Å². The van der Waals surface area contributed by atoms with E-state index in [-0.39, 0.29) is 5.91 Å². The lowest BCUT2D eigenvalue weighted by Crippen LogP contribution is -2.37. The number of aryl methyl sites for hydroxylation is 2. The van der Waals surface area contributed by atoms with Crippen molar-refractivity contribution in [2.45, 2.75) is 12.8 Å². The molecule has 1 amide bonds. The summed E-state index contributed by atoms with van der Waals surface area (Å²) < 4.78 is 3.95. The lowest BCUT2D eigenvalue weighted by molar-refractivity contribution is -0.116. The predicted molar refractivity (Wildman–Crippen MR) is 86.0 cm³/mol. The summed E-state index contributed by atoms with van der Waals surface area (Å²) in [5.74, 6) is 0.867. The second-order valence-corrected chi connectivity index (χ2v) is 5.93. The van der Waals surface area contributed by atoms with E-state index >= 15 is 0 Å². The number of fused-ring (bicyclic) bond motifs is 1. The molecular weight excluding hydrogens is 298 g/mol. The van der Waals surface area contributed by atoms with Crippen LogP contribution in [-0.4, -0.2) is 31.1 Å². The molecule has 122 valence electrons. The van der Waals surface area contributed by atoms with Crippen molar-refractivity contribution >= 4 is 23.1 Å². The highest BCUT2D eigenvalue weighted by molar-refractivity contribution is 5.91. The number of carbonyl (C=O) groups is 1. The van der Waals surface area contributed by atoms with Crippen LogP contribution >= 0.6 is 0 Å². The molecular formula is C15H19N5O3. The zero-order valence-corrected chi connectivity index (χ0v) is 13.4. The van der Waals surface area contributed by atoms with Gasteiger partial charge in [-0.25, -0.2) is 9.78 Å². The van der Waals surface area contributed by atoms with Crippen molar-refractivity contribution in [3.63, 3.8) is 0 Å². The smallest absolute Gasteiger partial charge is 0.332 e. The van der Waals surface area contributed by atoms with Crippen LogP contribution in [0.25, 0.3) is 17.2 Å². The number of amides is 1. The van der Waals surface area contributed by atoms with Gasteiger partial charge < -0.3 is 9.88 Å². The molecule has 8 nitrogen and oxygen atoms in total. The maximum atomic E-state index is 12.2. The van der Waals surface area contributed by atoms with Crippen LogP contribution in [-0.2, 0) is 25.9 Å². The van der Waals surface area contributed by atoms with Crippen LogP contribution in [0.5, 0.6) is 0 Å². The molecule has 3 rings (SSSR count). The Kier molecular flexibility index (Phi) is 3.67. The van der Waals surface area contributed by atoms with Gasteiger partial charge in [0, 0.05) is 33.8 Å². The summed E-state index contributed by atoms with van der Waals surface area (Å²) in [4.78, 5) is 40.2. The zero-order valence-electron chi connectivity index (χ0n) is 13.4. The molecule has 0 aliphatic heterocycles. The molecule has 0 saturated heterocycles. The molecule has 1 N–H and O–H groups in total. The quantitative estimate of drug-likeness (QED) is 0.770. The molecule has 2 aromatic heterocycles. The van der Waals surface area contributed by atoms with Gasteiger partial charge in [0.2, 0.25) is 5.91 Å². The molecule has 0 unspecified atom stereocenters. The molecule has 2 heterocycles. The van der Waals surface area contributed by atoms with E-state index in [0.29, 0.717) is 29.5 Å². The minimum atomic E-state index is -0.432. The van der Waals surface area contributed by atoms with Gasteiger partial charge >= 0.3 is 5.69 Å². The fourth-order valence-corrected chi connectivity index (χ4v) is 2.46. The minimum absolute atomic E-state index is 0.189. The van der Waals surface area contributed by atoms with Crippen molar-refractivity contribution < 1.29 is 4.79 Å². The molecule has 0 spiro atoms. The second kappa shape index (κ2) is 5.53. The van der Waals surface area contributed by atoms with Crippen LogP contribution in [0.15, 0.2) is 15.7 Å². The minimum Gasteiger partial charge on any atom is -0.352 e. The Morgan fingerprint density at radius 2 is 1.91 bits per heavy atom. The summed E-state index contributed by atoms with van der Waals surface area (Å²) in [6.07, 6.45) is 5.29. The van der Waals surface area contributed by atoms with E-state index in [1.54, 1.807) is 24.7 Å². The van der Waals surface area contributed by atoms with E-state index in [1.807, 2.05) is 0 Å². The standard InChI is InChI=1S/C15H19N5O3/c1-18-10(6-7-11(21)16-8-9-4-5-9)17-13-12(18)14(22)20(3)15(23)19(13)2/h6-7,9H,4-5,8H2,1-3H3,(H,16,21)/b7-6+. The van der Waals surface area contributed by atoms with Crippen LogP contribution < -0.4 is 16.6 Å². The molecule has 23 heavy (non-hydrogen) atoms. The molecule has 1 aliphatic carbocycles. The summed E-state index contributed by atoms with van der Waals surface area (Å²) in [5.41, 5.74) is -0.208. The molecule has 0 aromatic carbocycles. The Bertz CT molecular complexity index is 927. The zero-order chi connectivity index (χ0) is 16.7. The van der Waals surface area contributed by atoms with Gasteiger partial charge in [-0.1, -0.05) is 0 Å². The van der Waals surface area contributed by atoms with E-state index in [0.717, 1.165) is 4.57 Å². The SMILES string of the molecule is Cn1c(=O)c2c(nc(/C=C/C(=O)NCC3CC3)n2C)n(C)c1=O. The number of aromatic nitrogens is 4. The summed E-state index contributed by atoms with van der Waals surface area (Å²) >= 11 is 0. The van der Waals surface area contributed by atoms with Gasteiger partial charge in [0.25, 0.3) is 5.56 Å². The average molecular weight is 317 g/mol. The number of rotatable bonds is 4. The van der Waals surface area contributed by atoms with Crippen LogP contribution in [0.1, 0.15) is 18.7 Å². The highest BCUT2D eigenvalue weighted by atomic mass is 16.2. The normalized spacial score (nSPS) is 14.7. The Morgan fingerprint density at radius 3 is 2.57 bits per heavy atom. The third kappa shape index (κ3) is 2.71. The number of carbonyl (C=O) groups excluding carboxylic acids is 1. The first-order chi connectivity index (χ1) is 10.9. The number of imidazole rings is 1. The molecule has 0 radical (unpaired) electrons. The average Bonchev–Trinajstić information content (AvgIpc) is 3.30. The van der Waals surface area contributed by atoms with Gasteiger partial charge in [-0.05, 0) is 24.8 Å². The first-order valence-electron chi connectivity index (χ1n) is 7.48. The summed E-state index contributed by atoms with van der Waals surface area (Å²) in [5, 5.41) is 2.83. The summed E-state index contributed by atoms with van der Waals surface area (Å²) in [6, 6.07) is 0. The monoisotopic (exact) mass is 317 g/mol. The first kappa shape index (κ1) is 15.3. The Labute approximate surface area is 132 Å². The molecule has 1 saturated carbocycles. The lowest BCUT2D eigenvalue weighted by atomic mass is 10.4.